The van der Waals surface area contributed by atoms with E-state index in [0.29, 0.717) is 18.5 Å². The van der Waals surface area contributed by atoms with Gasteiger partial charge >= 0.3 is 0 Å². The average Bonchev–Trinajstić information content (AvgIpc) is 2.60. The molecule has 0 fully saturated rings. The number of aryl methyl sites for hydroxylation is 2. The third-order valence-corrected chi connectivity index (χ3v) is 4.22. The summed E-state index contributed by atoms with van der Waals surface area (Å²) in [5.74, 6) is -0.403. The van der Waals surface area contributed by atoms with Gasteiger partial charge in [-0.25, -0.2) is 5.10 Å². The maximum atomic E-state index is 12.3. The lowest BCUT2D eigenvalue weighted by Gasteiger charge is -2.08. The van der Waals surface area contributed by atoms with Crippen LogP contribution in [0.5, 0.6) is 0 Å². The normalized spacial score (nSPS) is 10.8. The van der Waals surface area contributed by atoms with E-state index in [1.807, 2.05) is 32.0 Å². The summed E-state index contributed by atoms with van der Waals surface area (Å²) in [6, 6.07) is 8.43. The number of H-pyrrole nitrogens is 2. The van der Waals surface area contributed by atoms with Crippen molar-refractivity contribution in [2.24, 2.45) is 0 Å². The van der Waals surface area contributed by atoms with Crippen LogP contribution >= 0.6 is 0 Å². The first-order valence-electron chi connectivity index (χ1n) is 7.92. The first kappa shape index (κ1) is 16.6. The number of aromatic nitrogens is 3. The van der Waals surface area contributed by atoms with Gasteiger partial charge in [-0.05, 0) is 48.9 Å². The molecular formula is C18H18N4O3. The molecule has 0 bridgehead atoms. The zero-order valence-electron chi connectivity index (χ0n) is 14.0. The largest absolute Gasteiger partial charge is 0.350 e. The van der Waals surface area contributed by atoms with E-state index in [2.05, 4.69) is 20.5 Å². The molecule has 0 atom stereocenters. The van der Waals surface area contributed by atoms with Crippen LogP contribution in [-0.2, 0) is 6.42 Å². The van der Waals surface area contributed by atoms with Crippen molar-refractivity contribution in [3.8, 4) is 0 Å². The minimum atomic E-state index is -0.403. The number of hydrogen-bond acceptors (Lipinski definition) is 4. The van der Waals surface area contributed by atoms with Crippen LogP contribution in [0.25, 0.3) is 10.9 Å². The van der Waals surface area contributed by atoms with E-state index in [1.54, 1.807) is 0 Å². The quantitative estimate of drug-likeness (QED) is 0.664. The van der Waals surface area contributed by atoms with Gasteiger partial charge in [0.2, 0.25) is 0 Å². The van der Waals surface area contributed by atoms with Gasteiger partial charge in [-0.3, -0.25) is 14.4 Å². The lowest BCUT2D eigenvalue weighted by atomic mass is 10.0. The van der Waals surface area contributed by atoms with Crippen molar-refractivity contribution < 1.29 is 4.79 Å². The summed E-state index contributed by atoms with van der Waals surface area (Å²) in [5, 5.41) is 9.52. The Morgan fingerprint density at radius 2 is 1.96 bits per heavy atom. The maximum Gasteiger partial charge on any atom is 0.271 e. The monoisotopic (exact) mass is 338 g/mol. The highest BCUT2D eigenvalue weighted by Crippen LogP contribution is 2.18. The summed E-state index contributed by atoms with van der Waals surface area (Å²) in [6.45, 7) is 4.27. The van der Waals surface area contributed by atoms with Gasteiger partial charge < -0.3 is 10.3 Å². The summed E-state index contributed by atoms with van der Waals surface area (Å²) in [7, 11) is 0. The van der Waals surface area contributed by atoms with E-state index in [1.165, 1.54) is 12.1 Å². The molecule has 2 aromatic heterocycles. The first-order chi connectivity index (χ1) is 12.0. The molecule has 0 aliphatic carbocycles. The fraction of sp³-hybridized carbons (Fsp3) is 0.222. The molecule has 0 saturated heterocycles. The molecule has 3 rings (SSSR count). The summed E-state index contributed by atoms with van der Waals surface area (Å²) in [4.78, 5) is 38.1. The van der Waals surface area contributed by atoms with Crippen molar-refractivity contribution in [3.05, 3.63) is 73.4 Å². The van der Waals surface area contributed by atoms with Crippen LogP contribution in [0.2, 0.25) is 0 Å². The lowest BCUT2D eigenvalue weighted by Crippen LogP contribution is -2.29. The van der Waals surface area contributed by atoms with E-state index in [-0.39, 0.29) is 16.8 Å². The maximum absolute atomic E-state index is 12.3. The number of nitrogens with zero attached hydrogens (tertiary/aromatic N) is 1. The standard InChI is InChI=1S/C18H18N4O3/c1-10-3-4-12-9-13(17(24)20-16(12)11(10)2)7-8-19-18(25)14-5-6-15(23)22-21-14/h3-6,9H,7-8H2,1-2H3,(H,19,25)(H,20,24)(H,22,23). The van der Waals surface area contributed by atoms with Crippen molar-refractivity contribution in [2.75, 3.05) is 6.54 Å². The molecule has 25 heavy (non-hydrogen) atoms. The van der Waals surface area contributed by atoms with Crippen LogP contribution in [0.15, 0.2) is 39.9 Å². The minimum Gasteiger partial charge on any atom is -0.350 e. The van der Waals surface area contributed by atoms with Crippen molar-refractivity contribution in [1.29, 1.82) is 0 Å². The molecule has 0 spiro atoms. The third kappa shape index (κ3) is 3.50. The predicted octanol–water partition coefficient (Wildman–Crippen LogP) is 1.20. The molecule has 0 aliphatic heterocycles. The SMILES string of the molecule is Cc1ccc2cc(CCNC(=O)c3ccc(=O)[nH]n3)c(=O)[nH]c2c1C. The molecule has 2 heterocycles. The average molecular weight is 338 g/mol. The van der Waals surface area contributed by atoms with E-state index in [0.717, 1.165) is 22.0 Å². The van der Waals surface area contributed by atoms with E-state index < -0.39 is 5.91 Å². The Morgan fingerprint density at radius 3 is 2.68 bits per heavy atom. The predicted molar refractivity (Wildman–Crippen MR) is 94.9 cm³/mol. The third-order valence-electron chi connectivity index (χ3n) is 4.22. The van der Waals surface area contributed by atoms with Crippen LogP contribution in [0, 0.1) is 13.8 Å². The summed E-state index contributed by atoms with van der Waals surface area (Å²) in [5.41, 5.74) is 3.22. The highest BCUT2D eigenvalue weighted by molar-refractivity contribution is 5.92. The van der Waals surface area contributed by atoms with E-state index in [9.17, 15) is 14.4 Å². The smallest absolute Gasteiger partial charge is 0.271 e. The molecule has 0 radical (unpaired) electrons. The fourth-order valence-electron chi connectivity index (χ4n) is 2.63. The molecule has 0 saturated carbocycles. The van der Waals surface area contributed by atoms with Crippen LogP contribution in [0.1, 0.15) is 27.2 Å². The van der Waals surface area contributed by atoms with Gasteiger partial charge in [-0.15, -0.1) is 0 Å². The number of amides is 1. The van der Waals surface area contributed by atoms with Crippen molar-refractivity contribution >= 4 is 16.8 Å². The Kier molecular flexibility index (Phi) is 4.47. The molecule has 1 aromatic carbocycles. The number of aromatic amines is 2. The van der Waals surface area contributed by atoms with Crippen molar-refractivity contribution in [3.63, 3.8) is 0 Å². The summed E-state index contributed by atoms with van der Waals surface area (Å²) in [6.07, 6.45) is 0.396. The summed E-state index contributed by atoms with van der Waals surface area (Å²) < 4.78 is 0. The van der Waals surface area contributed by atoms with Gasteiger partial charge in [0.25, 0.3) is 17.0 Å². The highest BCUT2D eigenvalue weighted by Gasteiger charge is 2.09. The second kappa shape index (κ2) is 6.72. The van der Waals surface area contributed by atoms with E-state index >= 15 is 0 Å². The zero-order chi connectivity index (χ0) is 18.0. The molecule has 3 N–H and O–H groups in total. The van der Waals surface area contributed by atoms with Crippen LogP contribution in [0.4, 0.5) is 0 Å². The molecule has 128 valence electrons. The van der Waals surface area contributed by atoms with Gasteiger partial charge in [0.05, 0.1) is 5.52 Å². The second-order valence-electron chi connectivity index (χ2n) is 5.91. The number of pyridine rings is 1. The number of benzene rings is 1. The molecular weight excluding hydrogens is 320 g/mol. The molecule has 0 aliphatic rings. The van der Waals surface area contributed by atoms with Crippen molar-refractivity contribution in [1.82, 2.24) is 20.5 Å². The zero-order valence-corrected chi connectivity index (χ0v) is 14.0. The Morgan fingerprint density at radius 1 is 1.16 bits per heavy atom. The van der Waals surface area contributed by atoms with Crippen LogP contribution in [-0.4, -0.2) is 27.6 Å². The molecule has 1 amide bonds. The van der Waals surface area contributed by atoms with Gasteiger partial charge in [-0.2, -0.15) is 5.10 Å². The summed E-state index contributed by atoms with van der Waals surface area (Å²) >= 11 is 0. The van der Waals surface area contributed by atoms with Crippen molar-refractivity contribution in [2.45, 2.75) is 20.3 Å². The molecule has 7 heteroatoms. The van der Waals surface area contributed by atoms with Gasteiger partial charge in [0.1, 0.15) is 5.69 Å². The molecule has 0 unspecified atom stereocenters. The minimum absolute atomic E-state index is 0.123. The Bertz CT molecular complexity index is 1050. The Balaban J connectivity index is 1.73. The molecule has 7 nitrogen and oxygen atoms in total. The second-order valence-corrected chi connectivity index (χ2v) is 5.91. The Hall–Kier alpha value is -3.22. The number of fused-ring (bicyclic) bond motifs is 1. The van der Waals surface area contributed by atoms with Gasteiger partial charge in [-0.1, -0.05) is 12.1 Å². The van der Waals surface area contributed by atoms with Gasteiger partial charge in [0.15, 0.2) is 0 Å². The number of carbonyl (C=O) groups excluding carboxylic acids is 1. The number of carbonyl (C=O) groups is 1. The highest BCUT2D eigenvalue weighted by atomic mass is 16.2. The van der Waals surface area contributed by atoms with E-state index in [4.69, 9.17) is 0 Å². The van der Waals surface area contributed by atoms with Gasteiger partial charge in [0, 0.05) is 18.2 Å². The van der Waals surface area contributed by atoms with Crippen LogP contribution in [0.3, 0.4) is 0 Å². The number of hydrogen-bond donors (Lipinski definition) is 3. The molecule has 3 aromatic rings. The fourth-order valence-corrected chi connectivity index (χ4v) is 2.63. The number of rotatable bonds is 4. The number of nitrogens with one attached hydrogen (secondary N) is 3. The topological polar surface area (TPSA) is 108 Å². The van der Waals surface area contributed by atoms with Crippen LogP contribution < -0.4 is 16.4 Å². The Labute approximate surface area is 143 Å². The lowest BCUT2D eigenvalue weighted by molar-refractivity contribution is 0.0948. The first-order valence-corrected chi connectivity index (χ1v) is 7.92.